The van der Waals surface area contributed by atoms with Crippen LogP contribution in [-0.4, -0.2) is 49.3 Å². The van der Waals surface area contributed by atoms with Crippen LogP contribution in [0.25, 0.3) is 0 Å². The summed E-state index contributed by atoms with van der Waals surface area (Å²) in [6.07, 6.45) is 5.97. The van der Waals surface area contributed by atoms with Gasteiger partial charge in [-0.2, -0.15) is 0 Å². The third-order valence-corrected chi connectivity index (χ3v) is 3.81. The summed E-state index contributed by atoms with van der Waals surface area (Å²) in [6.45, 7) is 5.40. The minimum Gasteiger partial charge on any atom is -0.453 e. The van der Waals surface area contributed by atoms with Crippen LogP contribution in [-0.2, 0) is 4.74 Å². The fourth-order valence-corrected chi connectivity index (χ4v) is 2.61. The number of ether oxygens (including phenoxy) is 1. The lowest BCUT2D eigenvalue weighted by molar-refractivity contribution is 0.108. The molecule has 6 heteroatoms. The number of urea groups is 1. The van der Waals surface area contributed by atoms with Gasteiger partial charge in [-0.05, 0) is 26.2 Å². The lowest BCUT2D eigenvalue weighted by Crippen LogP contribution is -2.53. The van der Waals surface area contributed by atoms with Gasteiger partial charge >= 0.3 is 12.1 Å². The summed E-state index contributed by atoms with van der Waals surface area (Å²) in [6, 6.07) is 0.0354. The van der Waals surface area contributed by atoms with E-state index in [4.69, 9.17) is 4.74 Å². The van der Waals surface area contributed by atoms with Crippen LogP contribution in [0.15, 0.2) is 0 Å². The molecule has 0 spiro atoms. The molecule has 0 bridgehead atoms. The van der Waals surface area contributed by atoms with E-state index in [1.807, 2.05) is 6.92 Å². The molecule has 1 saturated heterocycles. The van der Waals surface area contributed by atoms with Crippen molar-refractivity contribution in [3.05, 3.63) is 0 Å². The van der Waals surface area contributed by atoms with E-state index in [9.17, 15) is 9.59 Å². The van der Waals surface area contributed by atoms with Crippen LogP contribution in [0.5, 0.6) is 0 Å². The molecular weight excluding hydrogens is 270 g/mol. The first-order valence-corrected chi connectivity index (χ1v) is 7.96. The summed E-state index contributed by atoms with van der Waals surface area (Å²) in [4.78, 5) is 25.1. The number of methoxy groups -OCH3 is 1. The topological polar surface area (TPSA) is 70.7 Å². The van der Waals surface area contributed by atoms with E-state index in [1.165, 1.54) is 20.0 Å². The number of piperidine rings is 1. The van der Waals surface area contributed by atoms with Crippen LogP contribution in [0.3, 0.4) is 0 Å². The van der Waals surface area contributed by atoms with E-state index in [-0.39, 0.29) is 24.2 Å². The van der Waals surface area contributed by atoms with Crippen LogP contribution >= 0.6 is 0 Å². The molecule has 1 rings (SSSR count). The highest BCUT2D eigenvalue weighted by molar-refractivity contribution is 5.74. The number of likely N-dealkylation sites (tertiary alicyclic amines) is 1. The first-order chi connectivity index (χ1) is 10.1. The Kier molecular flexibility index (Phi) is 7.93. The Morgan fingerprint density at radius 2 is 2.14 bits per heavy atom. The number of nitrogens with zero attached hydrogens (tertiary/aromatic N) is 1. The molecule has 2 atom stereocenters. The van der Waals surface area contributed by atoms with Crippen LogP contribution in [0.1, 0.15) is 52.4 Å². The second-order valence-electron chi connectivity index (χ2n) is 5.77. The van der Waals surface area contributed by atoms with Crippen LogP contribution < -0.4 is 10.6 Å². The smallest absolute Gasteiger partial charge is 0.409 e. The molecule has 6 nitrogen and oxygen atoms in total. The fraction of sp³-hybridized carbons (Fsp3) is 0.867. The van der Waals surface area contributed by atoms with E-state index in [0.29, 0.717) is 13.1 Å². The van der Waals surface area contributed by atoms with E-state index in [2.05, 4.69) is 17.6 Å². The Labute approximate surface area is 127 Å². The summed E-state index contributed by atoms with van der Waals surface area (Å²) < 4.78 is 4.72. The minimum atomic E-state index is -0.324. The predicted molar refractivity (Wildman–Crippen MR) is 82.3 cm³/mol. The highest BCUT2D eigenvalue weighted by atomic mass is 16.5. The third kappa shape index (κ3) is 6.69. The predicted octanol–water partition coefficient (Wildman–Crippen LogP) is 2.49. The van der Waals surface area contributed by atoms with Gasteiger partial charge in [-0.1, -0.05) is 26.2 Å². The van der Waals surface area contributed by atoms with Crippen molar-refractivity contribution in [2.24, 2.45) is 0 Å². The zero-order chi connectivity index (χ0) is 15.7. The van der Waals surface area contributed by atoms with Crippen molar-refractivity contribution in [3.8, 4) is 0 Å². The van der Waals surface area contributed by atoms with Crippen molar-refractivity contribution in [2.45, 2.75) is 64.5 Å². The number of amides is 3. The molecule has 2 unspecified atom stereocenters. The summed E-state index contributed by atoms with van der Waals surface area (Å²) in [5, 5.41) is 5.91. The first kappa shape index (κ1) is 17.6. The lowest BCUT2D eigenvalue weighted by Gasteiger charge is -2.32. The molecule has 0 aromatic carbocycles. The summed E-state index contributed by atoms with van der Waals surface area (Å²) in [7, 11) is 1.38. The summed E-state index contributed by atoms with van der Waals surface area (Å²) in [5.74, 6) is 0. The molecule has 1 fully saturated rings. The largest absolute Gasteiger partial charge is 0.453 e. The van der Waals surface area contributed by atoms with Gasteiger partial charge in [0.15, 0.2) is 0 Å². The zero-order valence-corrected chi connectivity index (χ0v) is 13.5. The standard InChI is InChI=1S/C15H29N3O3/c1-4-5-6-8-12(2)16-14(19)17-13-9-7-10-18(11-13)15(20)21-3/h12-13H,4-11H2,1-3H3,(H2,16,17,19). The molecule has 1 aliphatic heterocycles. The van der Waals surface area contributed by atoms with Gasteiger partial charge in [-0.15, -0.1) is 0 Å². The van der Waals surface area contributed by atoms with Gasteiger partial charge in [0.1, 0.15) is 0 Å². The number of unbranched alkanes of at least 4 members (excludes halogenated alkanes) is 2. The quantitative estimate of drug-likeness (QED) is 0.740. The normalized spacial score (nSPS) is 19.8. The van der Waals surface area contributed by atoms with Gasteiger partial charge < -0.3 is 20.3 Å². The van der Waals surface area contributed by atoms with Crippen LogP contribution in [0.2, 0.25) is 0 Å². The van der Waals surface area contributed by atoms with Gasteiger partial charge in [0.2, 0.25) is 0 Å². The van der Waals surface area contributed by atoms with E-state index >= 15 is 0 Å². The van der Waals surface area contributed by atoms with Gasteiger partial charge in [-0.25, -0.2) is 9.59 Å². The molecule has 2 N–H and O–H groups in total. The molecule has 0 radical (unpaired) electrons. The third-order valence-electron chi connectivity index (χ3n) is 3.81. The molecule has 0 aliphatic carbocycles. The number of nitrogens with one attached hydrogen (secondary N) is 2. The molecule has 0 aromatic heterocycles. The molecule has 0 saturated carbocycles. The Balaban J connectivity index is 2.28. The number of carbonyl (C=O) groups is 2. The maximum absolute atomic E-state index is 11.9. The number of hydrogen-bond acceptors (Lipinski definition) is 3. The second-order valence-corrected chi connectivity index (χ2v) is 5.77. The van der Waals surface area contributed by atoms with Gasteiger partial charge in [0.05, 0.1) is 7.11 Å². The SMILES string of the molecule is CCCCCC(C)NC(=O)NC1CCCN(C(=O)OC)C1. The van der Waals surface area contributed by atoms with Crippen molar-refractivity contribution in [2.75, 3.05) is 20.2 Å². The minimum absolute atomic E-state index is 0.000641. The molecule has 3 amide bonds. The van der Waals surface area contributed by atoms with Gasteiger partial charge in [0, 0.05) is 25.2 Å². The van der Waals surface area contributed by atoms with Crippen molar-refractivity contribution in [3.63, 3.8) is 0 Å². The molecular formula is C15H29N3O3. The first-order valence-electron chi connectivity index (χ1n) is 7.96. The zero-order valence-electron chi connectivity index (χ0n) is 13.5. The summed E-state index contributed by atoms with van der Waals surface area (Å²) >= 11 is 0. The van der Waals surface area contributed by atoms with E-state index in [0.717, 1.165) is 25.7 Å². The summed E-state index contributed by atoms with van der Waals surface area (Å²) in [5.41, 5.74) is 0. The van der Waals surface area contributed by atoms with Crippen LogP contribution in [0, 0.1) is 0 Å². The van der Waals surface area contributed by atoms with Crippen molar-refractivity contribution in [1.29, 1.82) is 0 Å². The van der Waals surface area contributed by atoms with Crippen molar-refractivity contribution in [1.82, 2.24) is 15.5 Å². The van der Waals surface area contributed by atoms with Crippen molar-refractivity contribution >= 4 is 12.1 Å². The average Bonchev–Trinajstić information content (AvgIpc) is 2.46. The Bertz CT molecular complexity index is 336. The molecule has 1 aliphatic rings. The van der Waals surface area contributed by atoms with Gasteiger partial charge in [0.25, 0.3) is 0 Å². The Morgan fingerprint density at radius 1 is 1.38 bits per heavy atom. The highest BCUT2D eigenvalue weighted by Gasteiger charge is 2.25. The maximum Gasteiger partial charge on any atom is 0.409 e. The number of rotatable bonds is 6. The molecule has 0 aromatic rings. The number of carbonyl (C=O) groups excluding carboxylic acids is 2. The fourth-order valence-electron chi connectivity index (χ4n) is 2.61. The van der Waals surface area contributed by atoms with E-state index in [1.54, 1.807) is 4.90 Å². The average molecular weight is 299 g/mol. The second kappa shape index (κ2) is 9.47. The lowest BCUT2D eigenvalue weighted by atomic mass is 10.1. The molecule has 21 heavy (non-hydrogen) atoms. The Morgan fingerprint density at radius 3 is 2.81 bits per heavy atom. The Hall–Kier alpha value is -1.46. The van der Waals surface area contributed by atoms with Crippen molar-refractivity contribution < 1.29 is 14.3 Å². The maximum atomic E-state index is 11.9. The highest BCUT2D eigenvalue weighted by Crippen LogP contribution is 2.11. The monoisotopic (exact) mass is 299 g/mol. The van der Waals surface area contributed by atoms with Crippen LogP contribution in [0.4, 0.5) is 9.59 Å². The van der Waals surface area contributed by atoms with E-state index < -0.39 is 0 Å². The molecule has 122 valence electrons. The number of hydrogen-bond donors (Lipinski definition) is 2. The van der Waals surface area contributed by atoms with Gasteiger partial charge in [-0.3, -0.25) is 0 Å². The molecule has 1 heterocycles.